The molecule has 8 nitrogen and oxygen atoms in total. The quantitative estimate of drug-likeness (QED) is 0.713. The summed E-state index contributed by atoms with van der Waals surface area (Å²) in [5.74, 6) is -0.506. The molecule has 0 aromatic carbocycles. The maximum absolute atomic E-state index is 12.2. The first-order chi connectivity index (χ1) is 8.80. The number of hydrogen-bond donors (Lipinski definition) is 1. The molecule has 0 saturated heterocycles. The van der Waals surface area contributed by atoms with Gasteiger partial charge in [0.1, 0.15) is 0 Å². The van der Waals surface area contributed by atoms with E-state index in [-0.39, 0.29) is 30.4 Å². The molecule has 0 atom stereocenters. The maximum Gasteiger partial charge on any atom is 0.307 e. The van der Waals surface area contributed by atoms with Gasteiger partial charge in [0, 0.05) is 20.6 Å². The van der Waals surface area contributed by atoms with Crippen molar-refractivity contribution in [1.29, 1.82) is 0 Å². The molecule has 0 aliphatic rings. The van der Waals surface area contributed by atoms with E-state index >= 15 is 0 Å². The van der Waals surface area contributed by atoms with Crippen molar-refractivity contribution >= 4 is 21.8 Å². The summed E-state index contributed by atoms with van der Waals surface area (Å²) in [6.45, 7) is 1.98. The largest absolute Gasteiger partial charge is 0.466 e. The van der Waals surface area contributed by atoms with Crippen molar-refractivity contribution in [3.8, 4) is 0 Å². The Morgan fingerprint density at radius 2 is 2.21 bits per heavy atom. The lowest BCUT2D eigenvalue weighted by molar-refractivity contribution is -0.143. The van der Waals surface area contributed by atoms with Crippen LogP contribution in [0, 0.1) is 0 Å². The molecule has 1 aromatic heterocycles. The molecule has 0 aliphatic heterocycles. The molecular formula is C10H18N4O4S. The van der Waals surface area contributed by atoms with Gasteiger partial charge in [-0.05, 0) is 6.92 Å². The Morgan fingerprint density at radius 1 is 1.58 bits per heavy atom. The number of sulfonamides is 1. The summed E-state index contributed by atoms with van der Waals surface area (Å²) in [4.78, 5) is 14.9. The topological polar surface area (TPSA) is 108 Å². The average molecular weight is 290 g/mol. The predicted molar refractivity (Wildman–Crippen MR) is 68.7 cm³/mol. The molecule has 1 rings (SSSR count). The molecule has 19 heavy (non-hydrogen) atoms. The molecule has 1 aromatic rings. The zero-order valence-electron chi connectivity index (χ0n) is 11.2. The van der Waals surface area contributed by atoms with Crippen molar-refractivity contribution in [2.45, 2.75) is 18.4 Å². The smallest absolute Gasteiger partial charge is 0.307 e. The Kier molecular flexibility index (Phi) is 4.90. The van der Waals surface area contributed by atoms with Crippen LogP contribution in [0.4, 0.5) is 5.82 Å². The van der Waals surface area contributed by atoms with E-state index in [1.54, 1.807) is 6.92 Å². The molecule has 0 saturated carbocycles. The van der Waals surface area contributed by atoms with Crippen LogP contribution in [0.25, 0.3) is 0 Å². The van der Waals surface area contributed by atoms with Gasteiger partial charge in [-0.15, -0.1) is 0 Å². The number of hydrogen-bond acceptors (Lipinski definition) is 6. The van der Waals surface area contributed by atoms with Gasteiger partial charge in [0.25, 0.3) is 10.0 Å². The van der Waals surface area contributed by atoms with Crippen molar-refractivity contribution in [3.63, 3.8) is 0 Å². The van der Waals surface area contributed by atoms with E-state index in [4.69, 9.17) is 10.5 Å². The summed E-state index contributed by atoms with van der Waals surface area (Å²) in [6, 6.07) is 0. The number of rotatable bonds is 6. The third-order valence-corrected chi connectivity index (χ3v) is 4.49. The number of aromatic nitrogens is 2. The highest BCUT2D eigenvalue weighted by Crippen LogP contribution is 2.19. The Labute approximate surface area is 112 Å². The van der Waals surface area contributed by atoms with Gasteiger partial charge in [-0.1, -0.05) is 0 Å². The lowest BCUT2D eigenvalue weighted by Gasteiger charge is -2.17. The average Bonchev–Trinajstić information content (AvgIpc) is 2.66. The molecule has 0 spiro atoms. The molecule has 0 fully saturated rings. The fraction of sp³-hybridized carbons (Fsp3) is 0.600. The Morgan fingerprint density at radius 3 is 2.68 bits per heavy atom. The highest BCUT2D eigenvalue weighted by molar-refractivity contribution is 7.89. The van der Waals surface area contributed by atoms with Crippen molar-refractivity contribution < 1.29 is 17.9 Å². The number of anilines is 1. The SMILES string of the molecule is CCOC(=O)CCN(C)S(=O)(=O)c1c(N)ncn1C. The van der Waals surface area contributed by atoms with Gasteiger partial charge < -0.3 is 15.0 Å². The first-order valence-electron chi connectivity index (χ1n) is 5.69. The Hall–Kier alpha value is -1.61. The van der Waals surface area contributed by atoms with Crippen molar-refractivity contribution in [3.05, 3.63) is 6.33 Å². The van der Waals surface area contributed by atoms with Crippen LogP contribution in [-0.2, 0) is 26.6 Å². The molecular weight excluding hydrogens is 272 g/mol. The number of carbonyl (C=O) groups excluding carboxylic acids is 1. The van der Waals surface area contributed by atoms with Crippen LogP contribution >= 0.6 is 0 Å². The standard InChI is InChI=1S/C10H18N4O4S/c1-4-18-8(15)5-6-14(3)19(16,17)10-9(11)12-7-13(10)2/h7H,4-6,11H2,1-3H3. The van der Waals surface area contributed by atoms with Gasteiger partial charge >= 0.3 is 5.97 Å². The van der Waals surface area contributed by atoms with Crippen LogP contribution < -0.4 is 5.73 Å². The van der Waals surface area contributed by atoms with E-state index < -0.39 is 16.0 Å². The van der Waals surface area contributed by atoms with Crippen molar-refractivity contribution in [2.75, 3.05) is 25.9 Å². The van der Waals surface area contributed by atoms with Gasteiger partial charge in [0.2, 0.25) is 0 Å². The van der Waals surface area contributed by atoms with E-state index in [1.807, 2.05) is 0 Å². The number of nitrogens with two attached hydrogens (primary N) is 1. The fourth-order valence-corrected chi connectivity index (χ4v) is 2.86. The Balaban J connectivity index is 2.81. The van der Waals surface area contributed by atoms with Gasteiger partial charge in [-0.2, -0.15) is 4.31 Å². The molecule has 108 valence electrons. The first kappa shape index (κ1) is 15.4. The van der Waals surface area contributed by atoms with Crippen LogP contribution in [0.2, 0.25) is 0 Å². The number of imidazole rings is 1. The van der Waals surface area contributed by atoms with E-state index in [9.17, 15) is 13.2 Å². The highest BCUT2D eigenvalue weighted by atomic mass is 32.2. The van der Waals surface area contributed by atoms with Crippen molar-refractivity contribution in [1.82, 2.24) is 13.9 Å². The normalized spacial score (nSPS) is 11.8. The number of nitrogen functional groups attached to an aromatic ring is 1. The minimum Gasteiger partial charge on any atom is -0.466 e. The van der Waals surface area contributed by atoms with Crippen molar-refractivity contribution in [2.24, 2.45) is 7.05 Å². The number of ether oxygens (including phenoxy) is 1. The van der Waals surface area contributed by atoms with E-state index in [0.29, 0.717) is 0 Å². The third-order valence-electron chi connectivity index (χ3n) is 2.50. The van der Waals surface area contributed by atoms with E-state index in [2.05, 4.69) is 4.98 Å². The third kappa shape index (κ3) is 3.44. The summed E-state index contributed by atoms with van der Waals surface area (Å²) in [5, 5.41) is -0.0844. The van der Waals surface area contributed by atoms with Crippen LogP contribution in [0.3, 0.4) is 0 Å². The monoisotopic (exact) mass is 290 g/mol. The summed E-state index contributed by atoms with van der Waals surface area (Å²) >= 11 is 0. The second-order valence-corrected chi connectivity index (χ2v) is 5.89. The van der Waals surface area contributed by atoms with E-state index in [1.165, 1.54) is 25.0 Å². The van der Waals surface area contributed by atoms with Gasteiger partial charge in [-0.25, -0.2) is 13.4 Å². The van der Waals surface area contributed by atoms with Crippen LogP contribution in [-0.4, -0.2) is 48.4 Å². The number of aryl methyl sites for hydroxylation is 1. The second kappa shape index (κ2) is 6.02. The maximum atomic E-state index is 12.2. The highest BCUT2D eigenvalue weighted by Gasteiger charge is 2.27. The summed E-state index contributed by atoms with van der Waals surface area (Å²) in [7, 11) is -0.853. The summed E-state index contributed by atoms with van der Waals surface area (Å²) in [6.07, 6.45) is 1.31. The van der Waals surface area contributed by atoms with Crippen LogP contribution in [0.15, 0.2) is 11.4 Å². The minimum absolute atomic E-state index is 0.0126. The fourth-order valence-electron chi connectivity index (χ4n) is 1.50. The molecule has 9 heteroatoms. The zero-order chi connectivity index (χ0) is 14.6. The predicted octanol–water partition coefficient (Wildman–Crippen LogP) is -0.424. The zero-order valence-corrected chi connectivity index (χ0v) is 12.0. The lowest BCUT2D eigenvalue weighted by atomic mass is 10.4. The van der Waals surface area contributed by atoms with Crippen LogP contribution in [0.1, 0.15) is 13.3 Å². The van der Waals surface area contributed by atoms with Gasteiger partial charge in [0.15, 0.2) is 10.8 Å². The second-order valence-electron chi connectivity index (χ2n) is 3.93. The van der Waals surface area contributed by atoms with Gasteiger partial charge in [-0.3, -0.25) is 4.79 Å². The summed E-state index contributed by atoms with van der Waals surface area (Å²) in [5.41, 5.74) is 5.54. The molecule has 0 bridgehead atoms. The lowest BCUT2D eigenvalue weighted by Crippen LogP contribution is -2.31. The summed E-state index contributed by atoms with van der Waals surface area (Å²) < 4.78 is 31.6. The van der Waals surface area contributed by atoms with E-state index in [0.717, 1.165) is 4.31 Å². The minimum atomic E-state index is -3.77. The molecule has 0 amide bonds. The molecule has 0 radical (unpaired) electrons. The molecule has 0 unspecified atom stereocenters. The first-order valence-corrected chi connectivity index (χ1v) is 7.13. The van der Waals surface area contributed by atoms with Gasteiger partial charge in [0.05, 0.1) is 19.4 Å². The number of carbonyl (C=O) groups is 1. The molecule has 0 aliphatic carbocycles. The van der Waals surface area contributed by atoms with Crippen LogP contribution in [0.5, 0.6) is 0 Å². The Bertz CT molecular complexity index is 532. The number of nitrogens with zero attached hydrogens (tertiary/aromatic N) is 3. The number of esters is 1. The molecule has 2 N–H and O–H groups in total. The molecule has 1 heterocycles.